The first-order chi connectivity index (χ1) is 13.8. The Balaban J connectivity index is 1.68. The smallest absolute Gasteiger partial charge is 0.151 e. The van der Waals surface area contributed by atoms with E-state index in [-0.39, 0.29) is 84.1 Å². The van der Waals surface area contributed by atoms with Gasteiger partial charge in [0, 0.05) is 38.5 Å². The van der Waals surface area contributed by atoms with Crippen molar-refractivity contribution in [2.24, 2.45) is 22.7 Å². The largest absolute Gasteiger partial charge is 0.298 e. The summed E-state index contributed by atoms with van der Waals surface area (Å²) in [4.78, 5) is 73.4. The topological polar surface area (TPSA) is 102 Å². The number of ketones is 6. The zero-order valence-corrected chi connectivity index (χ0v) is 18.7. The minimum absolute atomic E-state index is 0.186. The van der Waals surface area contributed by atoms with Crippen molar-refractivity contribution < 1.29 is 28.8 Å². The second-order valence-electron chi connectivity index (χ2n) is 10.6. The maximum absolute atomic E-state index is 12.3. The van der Waals surface area contributed by atoms with Gasteiger partial charge in [0.15, 0.2) is 34.7 Å². The van der Waals surface area contributed by atoms with Crippen molar-refractivity contribution >= 4 is 34.7 Å². The summed E-state index contributed by atoms with van der Waals surface area (Å²) in [6.45, 7) is 7.44. The second kappa shape index (κ2) is 9.44. The Hall–Kier alpha value is -1.98. The molecule has 0 atom stereocenters. The molecule has 166 valence electrons. The highest BCUT2D eigenvalue weighted by atomic mass is 16.2. The molecule has 0 aromatic rings. The van der Waals surface area contributed by atoms with E-state index in [1.165, 1.54) is 0 Å². The molecule has 6 heteroatoms. The van der Waals surface area contributed by atoms with Gasteiger partial charge in [-0.05, 0) is 23.7 Å². The molecular formula is C24H34O6. The van der Waals surface area contributed by atoms with Gasteiger partial charge in [-0.15, -0.1) is 0 Å². The van der Waals surface area contributed by atoms with Crippen LogP contribution in [0.2, 0.25) is 0 Å². The summed E-state index contributed by atoms with van der Waals surface area (Å²) >= 11 is 0. The number of unbranched alkanes of at least 4 members (excludes halogenated alkanes) is 3. The molecule has 2 aliphatic carbocycles. The van der Waals surface area contributed by atoms with E-state index in [1.54, 1.807) is 0 Å². The Morgan fingerprint density at radius 1 is 0.600 bits per heavy atom. The number of carbonyl (C=O) groups excluding carboxylic acids is 6. The van der Waals surface area contributed by atoms with Crippen LogP contribution >= 0.6 is 0 Å². The lowest BCUT2D eigenvalue weighted by atomic mass is 9.70. The molecule has 0 amide bonds. The van der Waals surface area contributed by atoms with Gasteiger partial charge < -0.3 is 0 Å². The van der Waals surface area contributed by atoms with Crippen molar-refractivity contribution in [3.63, 3.8) is 0 Å². The number of hydrogen-bond acceptors (Lipinski definition) is 6. The molecule has 0 N–H and O–H groups in total. The van der Waals surface area contributed by atoms with E-state index in [1.807, 2.05) is 27.7 Å². The first kappa shape index (κ1) is 24.3. The van der Waals surface area contributed by atoms with Crippen LogP contribution in [0.25, 0.3) is 0 Å². The van der Waals surface area contributed by atoms with E-state index >= 15 is 0 Å². The Labute approximate surface area is 178 Å². The van der Waals surface area contributed by atoms with E-state index in [4.69, 9.17) is 0 Å². The standard InChI is InChI=1S/C24H34O6/c1-23(2)11-17(27)21(18(28)12-23)15(25)9-7-5-6-8-10-16(26)22-19(29)13-24(3,4)14-20(22)30/h21-22H,5-14H2,1-4H3. The molecule has 0 heterocycles. The van der Waals surface area contributed by atoms with E-state index < -0.39 is 11.8 Å². The normalized spacial score (nSPS) is 22.4. The van der Waals surface area contributed by atoms with Crippen LogP contribution in [0.3, 0.4) is 0 Å². The minimum Gasteiger partial charge on any atom is -0.298 e. The average molecular weight is 419 g/mol. The lowest BCUT2D eigenvalue weighted by Gasteiger charge is -2.31. The van der Waals surface area contributed by atoms with Crippen molar-refractivity contribution in [3.05, 3.63) is 0 Å². The van der Waals surface area contributed by atoms with Crippen LogP contribution in [0.15, 0.2) is 0 Å². The molecule has 0 unspecified atom stereocenters. The average Bonchev–Trinajstić information content (AvgIpc) is 2.54. The van der Waals surface area contributed by atoms with Gasteiger partial charge in [-0.25, -0.2) is 0 Å². The van der Waals surface area contributed by atoms with Gasteiger partial charge in [-0.1, -0.05) is 40.5 Å². The predicted molar refractivity (Wildman–Crippen MR) is 111 cm³/mol. The van der Waals surface area contributed by atoms with Gasteiger partial charge >= 0.3 is 0 Å². The molecule has 0 aromatic heterocycles. The Kier molecular flexibility index (Phi) is 7.64. The highest BCUT2D eigenvalue weighted by molar-refractivity contribution is 6.21. The van der Waals surface area contributed by atoms with Gasteiger partial charge in [-0.2, -0.15) is 0 Å². The van der Waals surface area contributed by atoms with Gasteiger partial charge in [0.1, 0.15) is 11.8 Å². The lowest BCUT2D eigenvalue weighted by Crippen LogP contribution is -2.41. The molecular weight excluding hydrogens is 384 g/mol. The first-order valence-electron chi connectivity index (χ1n) is 11.0. The van der Waals surface area contributed by atoms with Crippen LogP contribution in [-0.2, 0) is 28.8 Å². The first-order valence-corrected chi connectivity index (χ1v) is 11.0. The zero-order chi connectivity index (χ0) is 22.7. The van der Waals surface area contributed by atoms with E-state index in [0.29, 0.717) is 25.7 Å². The number of Topliss-reactive ketones (excluding diaryl/α,β-unsaturated/α-hetero) is 6. The molecule has 0 bridgehead atoms. The zero-order valence-electron chi connectivity index (χ0n) is 18.7. The van der Waals surface area contributed by atoms with E-state index in [0.717, 1.165) is 0 Å². The summed E-state index contributed by atoms with van der Waals surface area (Å²) in [5, 5.41) is 0. The Morgan fingerprint density at radius 3 is 1.13 bits per heavy atom. The highest BCUT2D eigenvalue weighted by Crippen LogP contribution is 2.35. The van der Waals surface area contributed by atoms with E-state index in [2.05, 4.69) is 0 Å². The van der Waals surface area contributed by atoms with Gasteiger partial charge in [-0.3, -0.25) is 28.8 Å². The molecule has 0 aromatic carbocycles. The summed E-state index contributed by atoms with van der Waals surface area (Å²) in [7, 11) is 0. The second-order valence-corrected chi connectivity index (χ2v) is 10.6. The molecule has 2 fully saturated rings. The van der Waals surface area contributed by atoms with Crippen molar-refractivity contribution in [2.75, 3.05) is 0 Å². The Morgan fingerprint density at radius 2 is 0.867 bits per heavy atom. The minimum atomic E-state index is -1.09. The number of carbonyl (C=O) groups is 6. The molecule has 2 saturated carbocycles. The third kappa shape index (κ3) is 6.26. The molecule has 6 nitrogen and oxygen atoms in total. The quantitative estimate of drug-likeness (QED) is 0.419. The summed E-state index contributed by atoms with van der Waals surface area (Å²) in [6.07, 6.45) is 3.90. The van der Waals surface area contributed by atoms with Crippen LogP contribution in [0, 0.1) is 22.7 Å². The van der Waals surface area contributed by atoms with E-state index in [9.17, 15) is 28.8 Å². The van der Waals surface area contributed by atoms with Crippen molar-refractivity contribution in [1.29, 1.82) is 0 Å². The summed E-state index contributed by atoms with van der Waals surface area (Å²) in [6, 6.07) is 0. The van der Waals surface area contributed by atoms with Gasteiger partial charge in [0.2, 0.25) is 0 Å². The lowest BCUT2D eigenvalue weighted by molar-refractivity contribution is -0.147. The third-order valence-electron chi connectivity index (χ3n) is 6.14. The monoisotopic (exact) mass is 418 g/mol. The number of rotatable bonds is 9. The maximum atomic E-state index is 12.3. The fraction of sp³-hybridized carbons (Fsp3) is 0.750. The number of hydrogen-bond donors (Lipinski definition) is 0. The Bertz CT molecular complexity index is 654. The third-order valence-corrected chi connectivity index (χ3v) is 6.14. The van der Waals surface area contributed by atoms with Crippen LogP contribution in [0.1, 0.15) is 91.9 Å². The van der Waals surface area contributed by atoms with Crippen LogP contribution < -0.4 is 0 Å². The van der Waals surface area contributed by atoms with Crippen molar-refractivity contribution in [3.8, 4) is 0 Å². The molecule has 0 spiro atoms. The van der Waals surface area contributed by atoms with Crippen molar-refractivity contribution in [2.45, 2.75) is 91.9 Å². The SMILES string of the molecule is CC1(C)CC(=O)C(C(=O)CCCCCCC(=O)C2C(=O)CC(C)(C)CC2=O)C(=O)C1. The summed E-state index contributed by atoms with van der Waals surface area (Å²) in [5.74, 6) is -3.84. The summed E-state index contributed by atoms with van der Waals surface area (Å²) < 4.78 is 0. The van der Waals surface area contributed by atoms with Crippen LogP contribution in [0.4, 0.5) is 0 Å². The van der Waals surface area contributed by atoms with Crippen LogP contribution in [-0.4, -0.2) is 34.7 Å². The van der Waals surface area contributed by atoms with Gasteiger partial charge in [0.05, 0.1) is 0 Å². The fourth-order valence-electron chi connectivity index (χ4n) is 4.74. The predicted octanol–water partition coefficient (Wildman–Crippen LogP) is 3.61. The highest BCUT2D eigenvalue weighted by Gasteiger charge is 2.43. The molecule has 2 rings (SSSR count). The fourth-order valence-corrected chi connectivity index (χ4v) is 4.74. The maximum Gasteiger partial charge on any atom is 0.151 e. The molecule has 0 radical (unpaired) electrons. The molecule has 2 aliphatic rings. The molecule has 0 aliphatic heterocycles. The van der Waals surface area contributed by atoms with Crippen LogP contribution in [0.5, 0.6) is 0 Å². The molecule has 0 saturated heterocycles. The van der Waals surface area contributed by atoms with Crippen molar-refractivity contribution in [1.82, 2.24) is 0 Å². The molecule has 30 heavy (non-hydrogen) atoms. The summed E-state index contributed by atoms with van der Waals surface area (Å²) in [5.41, 5.74) is -0.733. The van der Waals surface area contributed by atoms with Gasteiger partial charge in [0.25, 0.3) is 0 Å².